The minimum atomic E-state index is -0.843. The number of carboxylic acid groups (broad SMARTS) is 1. The van der Waals surface area contributed by atoms with Crippen LogP contribution in [0.5, 0.6) is 0 Å². The van der Waals surface area contributed by atoms with Gasteiger partial charge in [0.2, 0.25) is 5.91 Å². The van der Waals surface area contributed by atoms with Crippen molar-refractivity contribution < 1.29 is 19.1 Å². The van der Waals surface area contributed by atoms with Gasteiger partial charge in [-0.05, 0) is 47.9 Å². The Kier molecular flexibility index (Phi) is 4.73. The summed E-state index contributed by atoms with van der Waals surface area (Å²) in [6, 6.07) is 5.03. The smallest absolute Gasteiger partial charge is 0.306 e. The van der Waals surface area contributed by atoms with Crippen LogP contribution in [0.2, 0.25) is 0 Å². The van der Waals surface area contributed by atoms with E-state index in [2.05, 4.69) is 20.8 Å². The fourth-order valence-electron chi connectivity index (χ4n) is 2.89. The number of aliphatic carboxylic acids is 1. The molecule has 0 spiro atoms. The lowest BCUT2D eigenvalue weighted by Crippen LogP contribution is -2.49. The summed E-state index contributed by atoms with van der Waals surface area (Å²) in [5.41, 5.74) is 0.772. The number of halogens is 1. The molecule has 1 atom stereocenters. The maximum Gasteiger partial charge on any atom is 0.306 e. The van der Waals surface area contributed by atoms with Gasteiger partial charge >= 0.3 is 5.97 Å². The first-order valence-corrected chi connectivity index (χ1v) is 7.96. The van der Waals surface area contributed by atoms with Gasteiger partial charge < -0.3 is 10.4 Å². The summed E-state index contributed by atoms with van der Waals surface area (Å²) in [6.07, 6.45) is 1.13. The van der Waals surface area contributed by atoms with Gasteiger partial charge in [-0.15, -0.1) is 5.10 Å². The highest BCUT2D eigenvalue weighted by Gasteiger charge is 2.37. The summed E-state index contributed by atoms with van der Waals surface area (Å²) in [5, 5.41) is 23.0. The quantitative estimate of drug-likeness (QED) is 0.803. The second-order valence-corrected chi connectivity index (χ2v) is 6.23. The van der Waals surface area contributed by atoms with Crippen LogP contribution in [-0.4, -0.2) is 43.2 Å². The molecule has 0 aliphatic heterocycles. The van der Waals surface area contributed by atoms with Gasteiger partial charge in [0.25, 0.3) is 0 Å². The molecule has 0 bridgehead atoms. The van der Waals surface area contributed by atoms with Gasteiger partial charge in [-0.1, -0.05) is 12.1 Å². The number of aromatic nitrogens is 4. The van der Waals surface area contributed by atoms with E-state index in [9.17, 15) is 14.0 Å². The van der Waals surface area contributed by atoms with Crippen molar-refractivity contribution >= 4 is 11.9 Å². The van der Waals surface area contributed by atoms with Crippen molar-refractivity contribution in [3.8, 4) is 0 Å². The Morgan fingerprint density at radius 1 is 1.36 bits per heavy atom. The Labute approximate surface area is 143 Å². The summed E-state index contributed by atoms with van der Waals surface area (Å²) >= 11 is 0. The standard InChI is InChI=1S/C16H18FN5O3/c1-9-19-20-21-22(9)14(6-10-2-4-12(17)5-3-10)15(23)18-13-7-11(8-13)16(24)25/h2-5,11,13-14H,6-8H2,1H3,(H,18,23)(H,24,25). The SMILES string of the molecule is Cc1nnnn1C(Cc1ccc(F)cc1)C(=O)NC1CC(C(=O)O)C1. The third kappa shape index (κ3) is 3.81. The zero-order valence-electron chi connectivity index (χ0n) is 13.6. The second-order valence-electron chi connectivity index (χ2n) is 6.23. The normalized spacial score (nSPS) is 20.6. The predicted molar refractivity (Wildman–Crippen MR) is 84.0 cm³/mol. The van der Waals surface area contributed by atoms with Crippen LogP contribution in [0.15, 0.2) is 24.3 Å². The number of carboxylic acids is 1. The van der Waals surface area contributed by atoms with Crippen LogP contribution < -0.4 is 5.32 Å². The number of hydrogen-bond donors (Lipinski definition) is 2. The zero-order valence-corrected chi connectivity index (χ0v) is 13.6. The van der Waals surface area contributed by atoms with Gasteiger partial charge in [-0.25, -0.2) is 9.07 Å². The molecule has 3 rings (SSSR count). The first kappa shape index (κ1) is 17.0. The topological polar surface area (TPSA) is 110 Å². The van der Waals surface area contributed by atoms with Crippen molar-refractivity contribution in [1.29, 1.82) is 0 Å². The lowest BCUT2D eigenvalue weighted by Gasteiger charge is -2.34. The number of carbonyl (C=O) groups excluding carboxylic acids is 1. The maximum atomic E-state index is 13.1. The van der Waals surface area contributed by atoms with Gasteiger partial charge in [0.1, 0.15) is 17.7 Å². The molecule has 1 aliphatic rings. The van der Waals surface area contributed by atoms with E-state index in [0.29, 0.717) is 25.1 Å². The highest BCUT2D eigenvalue weighted by molar-refractivity contribution is 5.81. The molecule has 8 nitrogen and oxygen atoms in total. The largest absolute Gasteiger partial charge is 0.481 e. The van der Waals surface area contributed by atoms with Crippen molar-refractivity contribution in [2.75, 3.05) is 0 Å². The van der Waals surface area contributed by atoms with Crippen LogP contribution in [0, 0.1) is 18.7 Å². The van der Waals surface area contributed by atoms with E-state index < -0.39 is 17.9 Å². The number of rotatable bonds is 6. The molecular formula is C16H18FN5O3. The molecule has 2 aromatic rings. The number of hydrogen-bond acceptors (Lipinski definition) is 5. The first-order chi connectivity index (χ1) is 11.9. The molecule has 1 aromatic heterocycles. The highest BCUT2D eigenvalue weighted by Crippen LogP contribution is 2.28. The number of tetrazole rings is 1. The second kappa shape index (κ2) is 6.96. The zero-order chi connectivity index (χ0) is 18.0. The number of benzene rings is 1. The van der Waals surface area contributed by atoms with Gasteiger partial charge in [-0.3, -0.25) is 9.59 Å². The van der Waals surface area contributed by atoms with Crippen molar-refractivity contribution in [3.05, 3.63) is 41.5 Å². The van der Waals surface area contributed by atoms with Crippen LogP contribution in [0.25, 0.3) is 0 Å². The summed E-state index contributed by atoms with van der Waals surface area (Å²) in [7, 11) is 0. The molecule has 1 fully saturated rings. The minimum absolute atomic E-state index is 0.166. The summed E-state index contributed by atoms with van der Waals surface area (Å²) in [6.45, 7) is 1.69. The van der Waals surface area contributed by atoms with Gasteiger partial charge in [0.15, 0.2) is 0 Å². The monoisotopic (exact) mass is 347 g/mol. The van der Waals surface area contributed by atoms with Crippen molar-refractivity contribution in [2.45, 2.75) is 38.3 Å². The van der Waals surface area contributed by atoms with Crippen molar-refractivity contribution in [3.63, 3.8) is 0 Å². The molecular weight excluding hydrogens is 329 g/mol. The number of aryl methyl sites for hydroxylation is 1. The summed E-state index contributed by atoms with van der Waals surface area (Å²) in [5.74, 6) is -1.40. The van der Waals surface area contributed by atoms with E-state index in [1.807, 2.05) is 0 Å². The molecule has 2 N–H and O–H groups in total. The summed E-state index contributed by atoms with van der Waals surface area (Å²) < 4.78 is 14.5. The van der Waals surface area contributed by atoms with Gasteiger partial charge in [-0.2, -0.15) is 0 Å². The molecule has 132 valence electrons. The Bertz CT molecular complexity index is 770. The van der Waals surface area contributed by atoms with E-state index in [4.69, 9.17) is 5.11 Å². The average Bonchev–Trinajstić information content (AvgIpc) is 2.95. The number of carbonyl (C=O) groups is 2. The molecule has 0 saturated heterocycles. The number of nitrogens with one attached hydrogen (secondary N) is 1. The number of nitrogens with zero attached hydrogens (tertiary/aromatic N) is 4. The van der Waals surface area contributed by atoms with Crippen LogP contribution in [-0.2, 0) is 16.0 Å². The van der Waals surface area contributed by atoms with Gasteiger partial charge in [0, 0.05) is 12.5 Å². The van der Waals surface area contributed by atoms with E-state index in [-0.39, 0.29) is 17.8 Å². The Morgan fingerprint density at radius 3 is 2.60 bits per heavy atom. The van der Waals surface area contributed by atoms with Crippen LogP contribution >= 0.6 is 0 Å². The van der Waals surface area contributed by atoms with Crippen LogP contribution in [0.1, 0.15) is 30.3 Å². The molecule has 1 aromatic carbocycles. The van der Waals surface area contributed by atoms with Crippen molar-refractivity contribution in [2.24, 2.45) is 5.92 Å². The average molecular weight is 347 g/mol. The summed E-state index contributed by atoms with van der Waals surface area (Å²) in [4.78, 5) is 23.6. The molecule has 1 saturated carbocycles. The molecule has 1 heterocycles. The lowest BCUT2D eigenvalue weighted by atomic mass is 9.80. The van der Waals surface area contributed by atoms with E-state index in [1.54, 1.807) is 19.1 Å². The van der Waals surface area contributed by atoms with Crippen molar-refractivity contribution in [1.82, 2.24) is 25.5 Å². The number of amides is 1. The minimum Gasteiger partial charge on any atom is -0.481 e. The van der Waals surface area contributed by atoms with E-state index >= 15 is 0 Å². The Hall–Kier alpha value is -2.84. The predicted octanol–water partition coefficient (Wildman–Crippen LogP) is 0.884. The van der Waals surface area contributed by atoms with Crippen LogP contribution in [0.3, 0.4) is 0 Å². The van der Waals surface area contributed by atoms with Crippen LogP contribution in [0.4, 0.5) is 4.39 Å². The molecule has 1 amide bonds. The third-order valence-corrected chi connectivity index (χ3v) is 4.43. The molecule has 0 radical (unpaired) electrons. The fourth-order valence-corrected chi connectivity index (χ4v) is 2.89. The Morgan fingerprint density at radius 2 is 2.04 bits per heavy atom. The molecule has 25 heavy (non-hydrogen) atoms. The molecule has 1 aliphatic carbocycles. The maximum absolute atomic E-state index is 13.1. The van der Waals surface area contributed by atoms with E-state index in [1.165, 1.54) is 16.8 Å². The third-order valence-electron chi connectivity index (χ3n) is 4.43. The first-order valence-electron chi connectivity index (χ1n) is 7.96. The van der Waals surface area contributed by atoms with E-state index in [0.717, 1.165) is 5.56 Å². The fraction of sp³-hybridized carbons (Fsp3) is 0.438. The lowest BCUT2D eigenvalue weighted by molar-refractivity contribution is -0.146. The van der Waals surface area contributed by atoms with Gasteiger partial charge in [0.05, 0.1) is 5.92 Å². The molecule has 9 heteroatoms. The highest BCUT2D eigenvalue weighted by atomic mass is 19.1. The molecule has 1 unspecified atom stereocenters. The Balaban J connectivity index is 1.72.